The Morgan fingerprint density at radius 1 is 1.29 bits per heavy atom. The van der Waals surface area contributed by atoms with Crippen LogP contribution >= 0.6 is 0 Å². The summed E-state index contributed by atoms with van der Waals surface area (Å²) >= 11 is 0. The summed E-state index contributed by atoms with van der Waals surface area (Å²) < 4.78 is 52.4. The molecule has 0 amide bonds. The van der Waals surface area contributed by atoms with Crippen LogP contribution in [0.15, 0.2) is 24.3 Å². The number of rotatable bonds is 4. The predicted molar refractivity (Wildman–Crippen MR) is 53.8 cm³/mol. The van der Waals surface area contributed by atoms with Crippen molar-refractivity contribution in [2.45, 2.75) is 12.8 Å². The van der Waals surface area contributed by atoms with Gasteiger partial charge in [0.05, 0.1) is 0 Å². The molecule has 2 nitrogen and oxygen atoms in total. The lowest BCUT2D eigenvalue weighted by molar-refractivity contribution is -0.274. The minimum Gasteiger partial charge on any atom is -0.406 e. The van der Waals surface area contributed by atoms with Crippen molar-refractivity contribution in [3.63, 3.8) is 0 Å². The molecule has 1 aromatic carbocycles. The molecule has 94 valence electrons. The van der Waals surface area contributed by atoms with E-state index in [1.54, 1.807) is 0 Å². The number of benzene rings is 1. The number of aliphatic hydroxyl groups excluding tert-OH is 1. The highest BCUT2D eigenvalue weighted by atomic mass is 19.4. The lowest BCUT2D eigenvalue weighted by Crippen LogP contribution is -2.17. The van der Waals surface area contributed by atoms with Crippen LogP contribution in [0, 0.1) is 5.82 Å². The summed E-state index contributed by atoms with van der Waals surface area (Å²) in [5.74, 6) is -1.42. The van der Waals surface area contributed by atoms with E-state index < -0.39 is 17.9 Å². The maximum absolute atomic E-state index is 13.3. The number of alkyl halides is 3. The first-order valence-electron chi connectivity index (χ1n) is 4.75. The van der Waals surface area contributed by atoms with Gasteiger partial charge in [-0.2, -0.15) is 0 Å². The zero-order valence-electron chi connectivity index (χ0n) is 8.67. The Morgan fingerprint density at radius 2 is 2.00 bits per heavy atom. The molecule has 0 aromatic heterocycles. The lowest BCUT2D eigenvalue weighted by Gasteiger charge is -2.09. The zero-order chi connectivity index (χ0) is 12.9. The van der Waals surface area contributed by atoms with Crippen molar-refractivity contribution < 1.29 is 27.4 Å². The minimum absolute atomic E-state index is 0.0760. The van der Waals surface area contributed by atoms with Gasteiger partial charge in [0, 0.05) is 18.2 Å². The number of hydrogen-bond donors (Lipinski definition) is 1. The molecule has 1 N–H and O–H groups in total. The van der Waals surface area contributed by atoms with Gasteiger partial charge < -0.3 is 9.84 Å². The Morgan fingerprint density at radius 3 is 2.53 bits per heavy atom. The van der Waals surface area contributed by atoms with Crippen molar-refractivity contribution in [3.8, 4) is 5.75 Å². The molecule has 0 saturated heterocycles. The molecule has 0 aliphatic rings. The minimum atomic E-state index is -4.83. The smallest absolute Gasteiger partial charge is 0.406 e. The molecular formula is C11H10F4O2. The standard InChI is InChI=1S/C11H10F4O2/c12-10-7-9(17-11(13,14)15)5-4-8(10)3-1-2-6-16/h1,3-5,7,16H,2,6H2. The second-order valence-corrected chi connectivity index (χ2v) is 3.15. The van der Waals surface area contributed by atoms with Gasteiger partial charge in [0.2, 0.25) is 0 Å². The van der Waals surface area contributed by atoms with Gasteiger partial charge >= 0.3 is 6.36 Å². The Labute approximate surface area is 95.1 Å². The van der Waals surface area contributed by atoms with Crippen LogP contribution in [0.2, 0.25) is 0 Å². The van der Waals surface area contributed by atoms with Crippen molar-refractivity contribution in [1.29, 1.82) is 0 Å². The van der Waals surface area contributed by atoms with Gasteiger partial charge in [0.1, 0.15) is 11.6 Å². The van der Waals surface area contributed by atoms with Crippen LogP contribution in [0.25, 0.3) is 6.08 Å². The maximum Gasteiger partial charge on any atom is 0.573 e. The van der Waals surface area contributed by atoms with Crippen LogP contribution in [0.5, 0.6) is 5.75 Å². The molecule has 6 heteroatoms. The van der Waals surface area contributed by atoms with E-state index in [0.29, 0.717) is 12.5 Å². The highest BCUT2D eigenvalue weighted by Crippen LogP contribution is 2.24. The van der Waals surface area contributed by atoms with E-state index in [0.717, 1.165) is 6.07 Å². The molecule has 1 rings (SSSR count). The summed E-state index contributed by atoms with van der Waals surface area (Å²) in [6.07, 6.45) is -1.59. The fourth-order valence-corrected chi connectivity index (χ4v) is 1.12. The molecule has 0 unspecified atom stereocenters. The zero-order valence-corrected chi connectivity index (χ0v) is 8.67. The molecule has 1 aromatic rings. The predicted octanol–water partition coefficient (Wildman–Crippen LogP) is 3.12. The summed E-state index contributed by atoms with van der Waals surface area (Å²) in [7, 11) is 0. The van der Waals surface area contributed by atoms with E-state index in [2.05, 4.69) is 4.74 Å². The highest BCUT2D eigenvalue weighted by molar-refractivity contribution is 5.51. The normalized spacial score (nSPS) is 12.1. The summed E-state index contributed by atoms with van der Waals surface area (Å²) in [5.41, 5.74) is 0.132. The van der Waals surface area contributed by atoms with Crippen LogP contribution < -0.4 is 4.74 Å². The van der Waals surface area contributed by atoms with E-state index in [4.69, 9.17) is 5.11 Å². The molecular weight excluding hydrogens is 240 g/mol. The fraction of sp³-hybridized carbons (Fsp3) is 0.273. The van der Waals surface area contributed by atoms with E-state index in [1.807, 2.05) is 0 Å². The number of hydrogen-bond acceptors (Lipinski definition) is 2. The number of halogens is 4. The van der Waals surface area contributed by atoms with Gasteiger partial charge in [-0.15, -0.1) is 13.2 Å². The summed E-state index contributed by atoms with van der Waals surface area (Å²) in [6, 6.07) is 2.85. The second-order valence-electron chi connectivity index (χ2n) is 3.15. The van der Waals surface area contributed by atoms with Crippen LogP contribution in [-0.4, -0.2) is 18.1 Å². The monoisotopic (exact) mass is 250 g/mol. The summed E-state index contributed by atoms with van der Waals surface area (Å²) in [6.45, 7) is -0.0760. The van der Waals surface area contributed by atoms with Gasteiger partial charge in [-0.25, -0.2) is 4.39 Å². The molecule has 0 fully saturated rings. The average molecular weight is 250 g/mol. The quantitative estimate of drug-likeness (QED) is 0.832. The van der Waals surface area contributed by atoms with Crippen molar-refractivity contribution in [3.05, 3.63) is 35.7 Å². The van der Waals surface area contributed by atoms with Gasteiger partial charge in [0.25, 0.3) is 0 Å². The second kappa shape index (κ2) is 5.67. The molecule has 0 saturated carbocycles. The first kappa shape index (κ1) is 13.5. The number of ether oxygens (including phenoxy) is 1. The van der Waals surface area contributed by atoms with Crippen LogP contribution in [0.3, 0.4) is 0 Å². The topological polar surface area (TPSA) is 29.5 Å². The first-order chi connectivity index (χ1) is 7.92. The molecule has 0 spiro atoms. The molecule has 0 radical (unpaired) electrons. The van der Waals surface area contributed by atoms with Gasteiger partial charge in [0.15, 0.2) is 0 Å². The SMILES string of the molecule is OCCC=Cc1ccc(OC(F)(F)F)cc1F. The maximum atomic E-state index is 13.3. The summed E-state index contributed by atoms with van der Waals surface area (Å²) in [4.78, 5) is 0. The van der Waals surface area contributed by atoms with E-state index in [1.165, 1.54) is 18.2 Å². The molecule has 0 aliphatic carbocycles. The van der Waals surface area contributed by atoms with Crippen LogP contribution in [0.1, 0.15) is 12.0 Å². The highest BCUT2D eigenvalue weighted by Gasteiger charge is 2.31. The van der Waals surface area contributed by atoms with Crippen LogP contribution in [0.4, 0.5) is 17.6 Å². The summed E-state index contributed by atoms with van der Waals surface area (Å²) in [5, 5.41) is 8.50. The molecule has 0 atom stereocenters. The van der Waals surface area contributed by atoms with E-state index in [-0.39, 0.29) is 12.2 Å². The Balaban J connectivity index is 2.79. The van der Waals surface area contributed by atoms with E-state index in [9.17, 15) is 17.6 Å². The Bertz CT molecular complexity index is 399. The third-order valence-corrected chi connectivity index (χ3v) is 1.80. The van der Waals surface area contributed by atoms with Crippen molar-refractivity contribution >= 4 is 6.08 Å². The Hall–Kier alpha value is -1.56. The largest absolute Gasteiger partial charge is 0.573 e. The van der Waals surface area contributed by atoms with Crippen LogP contribution in [-0.2, 0) is 0 Å². The molecule has 0 aliphatic heterocycles. The van der Waals surface area contributed by atoms with Gasteiger partial charge in [-0.3, -0.25) is 0 Å². The third kappa shape index (κ3) is 4.86. The lowest BCUT2D eigenvalue weighted by atomic mass is 10.2. The Kier molecular flexibility index (Phi) is 4.51. The molecule has 0 heterocycles. The first-order valence-corrected chi connectivity index (χ1v) is 4.75. The van der Waals surface area contributed by atoms with Crippen molar-refractivity contribution in [2.75, 3.05) is 6.61 Å². The van der Waals surface area contributed by atoms with Gasteiger partial charge in [-0.05, 0) is 18.6 Å². The molecule has 17 heavy (non-hydrogen) atoms. The van der Waals surface area contributed by atoms with Crippen molar-refractivity contribution in [1.82, 2.24) is 0 Å². The molecule has 0 bridgehead atoms. The van der Waals surface area contributed by atoms with Gasteiger partial charge in [-0.1, -0.05) is 12.2 Å². The third-order valence-electron chi connectivity index (χ3n) is 1.80. The van der Waals surface area contributed by atoms with E-state index >= 15 is 0 Å². The number of aliphatic hydroxyl groups is 1. The fourth-order valence-electron chi connectivity index (χ4n) is 1.12. The average Bonchev–Trinajstić information content (AvgIpc) is 2.19. The van der Waals surface area contributed by atoms with Crippen molar-refractivity contribution in [2.24, 2.45) is 0 Å².